The number of amides is 2. The van der Waals surface area contributed by atoms with Gasteiger partial charge in [0.05, 0.1) is 12.8 Å². The third-order valence-electron chi connectivity index (χ3n) is 2.81. The molecule has 1 aromatic rings. The SMILES string of the molecule is COc1ccc(F)c(NC(=O)N[C@H](C(=O)O)C(C)(C)C)c1. The van der Waals surface area contributed by atoms with Crippen LogP contribution < -0.4 is 15.4 Å². The Labute approximate surface area is 122 Å². The molecule has 0 aliphatic rings. The van der Waals surface area contributed by atoms with Crippen LogP contribution in [-0.2, 0) is 4.79 Å². The van der Waals surface area contributed by atoms with Crippen LogP contribution >= 0.6 is 0 Å². The number of urea groups is 1. The van der Waals surface area contributed by atoms with Gasteiger partial charge in [-0.2, -0.15) is 0 Å². The molecule has 7 heteroatoms. The van der Waals surface area contributed by atoms with Crippen LogP contribution in [0.5, 0.6) is 5.75 Å². The van der Waals surface area contributed by atoms with Gasteiger partial charge in [-0.1, -0.05) is 20.8 Å². The lowest BCUT2D eigenvalue weighted by molar-refractivity contribution is -0.141. The molecule has 0 radical (unpaired) electrons. The summed E-state index contributed by atoms with van der Waals surface area (Å²) in [5, 5.41) is 13.7. The highest BCUT2D eigenvalue weighted by atomic mass is 19.1. The molecule has 2 amide bonds. The van der Waals surface area contributed by atoms with Crippen molar-refractivity contribution in [1.82, 2.24) is 5.32 Å². The standard InChI is InChI=1S/C14H19FN2O4/c1-14(2,3)11(12(18)19)17-13(20)16-10-7-8(21-4)5-6-9(10)15/h5-7,11H,1-4H3,(H,18,19)(H2,16,17,20)/t11-/m1/s1. The summed E-state index contributed by atoms with van der Waals surface area (Å²) in [5.41, 5.74) is -0.777. The van der Waals surface area contributed by atoms with Crippen molar-refractivity contribution in [3.05, 3.63) is 24.0 Å². The minimum Gasteiger partial charge on any atom is -0.497 e. The molecular formula is C14H19FN2O4. The molecule has 1 atom stereocenters. The number of carbonyl (C=O) groups excluding carboxylic acids is 1. The molecule has 0 saturated carbocycles. The van der Waals surface area contributed by atoms with E-state index in [1.54, 1.807) is 20.8 Å². The van der Waals surface area contributed by atoms with Gasteiger partial charge in [0.25, 0.3) is 0 Å². The lowest BCUT2D eigenvalue weighted by atomic mass is 9.87. The fourth-order valence-corrected chi connectivity index (χ4v) is 1.67. The molecule has 0 unspecified atom stereocenters. The second-order valence-corrected chi connectivity index (χ2v) is 5.58. The van der Waals surface area contributed by atoms with E-state index in [1.165, 1.54) is 19.2 Å². The highest BCUT2D eigenvalue weighted by Gasteiger charge is 2.32. The normalized spacial score (nSPS) is 12.4. The molecule has 1 aromatic carbocycles. The number of nitrogens with one attached hydrogen (secondary N) is 2. The first-order valence-corrected chi connectivity index (χ1v) is 6.29. The van der Waals surface area contributed by atoms with Crippen molar-refractivity contribution in [2.45, 2.75) is 26.8 Å². The summed E-state index contributed by atoms with van der Waals surface area (Å²) in [6.45, 7) is 5.04. The zero-order valence-electron chi connectivity index (χ0n) is 12.4. The van der Waals surface area contributed by atoms with Crippen LogP contribution in [0.4, 0.5) is 14.9 Å². The molecule has 0 fully saturated rings. The summed E-state index contributed by atoms with van der Waals surface area (Å²) in [7, 11) is 1.41. The summed E-state index contributed by atoms with van der Waals surface area (Å²) in [4.78, 5) is 23.0. The highest BCUT2D eigenvalue weighted by Crippen LogP contribution is 2.22. The summed E-state index contributed by atoms with van der Waals surface area (Å²) in [6.07, 6.45) is 0. The van der Waals surface area contributed by atoms with E-state index in [-0.39, 0.29) is 5.69 Å². The van der Waals surface area contributed by atoms with Crippen molar-refractivity contribution in [3.8, 4) is 5.75 Å². The number of hydrogen-bond acceptors (Lipinski definition) is 3. The Bertz CT molecular complexity index is 540. The van der Waals surface area contributed by atoms with Crippen LogP contribution in [0.25, 0.3) is 0 Å². The van der Waals surface area contributed by atoms with Crippen molar-refractivity contribution < 1.29 is 23.8 Å². The molecule has 0 bridgehead atoms. The topological polar surface area (TPSA) is 87.7 Å². The number of benzene rings is 1. The quantitative estimate of drug-likeness (QED) is 0.796. The molecule has 0 aliphatic heterocycles. The number of methoxy groups -OCH3 is 1. The highest BCUT2D eigenvalue weighted by molar-refractivity contribution is 5.92. The van der Waals surface area contributed by atoms with Gasteiger partial charge in [-0.05, 0) is 17.5 Å². The molecule has 6 nitrogen and oxygen atoms in total. The molecule has 0 aliphatic carbocycles. The first-order valence-electron chi connectivity index (χ1n) is 6.29. The molecular weight excluding hydrogens is 279 g/mol. The van der Waals surface area contributed by atoms with Crippen molar-refractivity contribution >= 4 is 17.7 Å². The van der Waals surface area contributed by atoms with E-state index in [1.807, 2.05) is 0 Å². The largest absolute Gasteiger partial charge is 0.497 e. The summed E-state index contributed by atoms with van der Waals surface area (Å²) < 4.78 is 18.5. The number of carboxylic acid groups (broad SMARTS) is 1. The predicted molar refractivity (Wildman–Crippen MR) is 76.0 cm³/mol. The van der Waals surface area contributed by atoms with Gasteiger partial charge in [-0.3, -0.25) is 0 Å². The van der Waals surface area contributed by atoms with Gasteiger partial charge in [0.15, 0.2) is 0 Å². The molecule has 3 N–H and O–H groups in total. The van der Waals surface area contributed by atoms with E-state index in [2.05, 4.69) is 10.6 Å². The van der Waals surface area contributed by atoms with Crippen LogP contribution in [0.15, 0.2) is 18.2 Å². The van der Waals surface area contributed by atoms with Gasteiger partial charge in [0.2, 0.25) is 0 Å². The van der Waals surface area contributed by atoms with Gasteiger partial charge >= 0.3 is 12.0 Å². The van der Waals surface area contributed by atoms with Gasteiger partial charge < -0.3 is 20.5 Å². The molecule has 21 heavy (non-hydrogen) atoms. The maximum atomic E-state index is 13.6. The van der Waals surface area contributed by atoms with Crippen molar-refractivity contribution in [3.63, 3.8) is 0 Å². The van der Waals surface area contributed by atoms with Gasteiger partial charge in [0, 0.05) is 6.07 Å². The number of hydrogen-bond donors (Lipinski definition) is 3. The van der Waals surface area contributed by atoms with Gasteiger partial charge in [-0.25, -0.2) is 14.0 Å². The number of rotatable bonds is 4. The third kappa shape index (κ3) is 4.62. The minimum atomic E-state index is -1.16. The van der Waals surface area contributed by atoms with E-state index in [4.69, 9.17) is 9.84 Å². The molecule has 0 aromatic heterocycles. The number of ether oxygens (including phenoxy) is 1. The second-order valence-electron chi connectivity index (χ2n) is 5.58. The van der Waals surface area contributed by atoms with Crippen LogP contribution in [0, 0.1) is 11.2 Å². The third-order valence-corrected chi connectivity index (χ3v) is 2.81. The minimum absolute atomic E-state index is 0.0927. The Morgan fingerprint density at radius 1 is 1.33 bits per heavy atom. The van der Waals surface area contributed by atoms with Crippen LogP contribution in [-0.4, -0.2) is 30.3 Å². The second kappa shape index (κ2) is 6.43. The van der Waals surface area contributed by atoms with Crippen molar-refractivity contribution in [1.29, 1.82) is 0 Å². The average Bonchev–Trinajstić information content (AvgIpc) is 2.37. The lowest BCUT2D eigenvalue weighted by Crippen LogP contribution is -2.50. The van der Waals surface area contributed by atoms with Crippen LogP contribution in [0.2, 0.25) is 0 Å². The summed E-state index contributed by atoms with van der Waals surface area (Å²) in [5.74, 6) is -1.44. The van der Waals surface area contributed by atoms with E-state index >= 15 is 0 Å². The van der Waals surface area contributed by atoms with E-state index in [0.29, 0.717) is 5.75 Å². The van der Waals surface area contributed by atoms with Crippen LogP contribution in [0.3, 0.4) is 0 Å². The van der Waals surface area contributed by atoms with Crippen LogP contribution in [0.1, 0.15) is 20.8 Å². The monoisotopic (exact) mass is 298 g/mol. The number of anilines is 1. The lowest BCUT2D eigenvalue weighted by Gasteiger charge is -2.27. The maximum Gasteiger partial charge on any atom is 0.326 e. The number of aliphatic carboxylic acids is 1. The Balaban J connectivity index is 2.84. The maximum absolute atomic E-state index is 13.6. The Kier molecular flexibility index (Phi) is 5.12. The molecule has 0 spiro atoms. The molecule has 0 heterocycles. The van der Waals surface area contributed by atoms with Gasteiger partial charge in [0.1, 0.15) is 17.6 Å². The number of carbonyl (C=O) groups is 2. The van der Waals surface area contributed by atoms with E-state index in [9.17, 15) is 14.0 Å². The zero-order valence-corrected chi connectivity index (χ0v) is 12.4. The fourth-order valence-electron chi connectivity index (χ4n) is 1.67. The van der Waals surface area contributed by atoms with E-state index in [0.717, 1.165) is 6.07 Å². The summed E-state index contributed by atoms with van der Waals surface area (Å²) in [6, 6.07) is 1.96. The van der Waals surface area contributed by atoms with Crippen molar-refractivity contribution in [2.24, 2.45) is 5.41 Å². The Morgan fingerprint density at radius 3 is 2.43 bits per heavy atom. The molecule has 1 rings (SSSR count). The first-order chi connectivity index (χ1) is 9.65. The Hall–Kier alpha value is -2.31. The first kappa shape index (κ1) is 16.7. The van der Waals surface area contributed by atoms with E-state index < -0.39 is 29.3 Å². The predicted octanol–water partition coefficient (Wildman–Crippen LogP) is 2.46. The zero-order chi connectivity index (χ0) is 16.2. The number of carboxylic acids is 1. The smallest absolute Gasteiger partial charge is 0.326 e. The van der Waals surface area contributed by atoms with Gasteiger partial charge in [-0.15, -0.1) is 0 Å². The average molecular weight is 298 g/mol. The summed E-state index contributed by atoms with van der Waals surface area (Å²) >= 11 is 0. The fraction of sp³-hybridized carbons (Fsp3) is 0.429. The molecule has 116 valence electrons. The molecule has 0 saturated heterocycles. The number of halogens is 1. The van der Waals surface area contributed by atoms with Crippen molar-refractivity contribution in [2.75, 3.05) is 12.4 Å². The Morgan fingerprint density at radius 2 is 1.95 bits per heavy atom.